The van der Waals surface area contributed by atoms with Gasteiger partial charge in [-0.05, 0) is 23.3 Å². The van der Waals surface area contributed by atoms with Crippen LogP contribution in [0.15, 0.2) is 91.0 Å². The van der Waals surface area contributed by atoms with Gasteiger partial charge in [-0.1, -0.05) is 72.8 Å². The van der Waals surface area contributed by atoms with Crippen LogP contribution >= 0.6 is 0 Å². The van der Waals surface area contributed by atoms with E-state index in [0.29, 0.717) is 41.0 Å². The molecule has 0 fully saturated rings. The maximum atomic E-state index is 11.8. The molecule has 7 nitrogen and oxygen atoms in total. The molecule has 4 aromatic carbocycles. The number of carboxylic acid groups (broad SMARTS) is 1. The number of carbonyl (C=O) groups is 1. The molecule has 0 unspecified atom stereocenters. The molecule has 0 saturated carbocycles. The van der Waals surface area contributed by atoms with Crippen molar-refractivity contribution in [3.8, 4) is 23.0 Å². The van der Waals surface area contributed by atoms with E-state index in [1.807, 2.05) is 60.7 Å². The molecule has 36 heavy (non-hydrogen) atoms. The molecule has 0 aliphatic heterocycles. The van der Waals surface area contributed by atoms with E-state index in [4.69, 9.17) is 18.9 Å². The lowest BCUT2D eigenvalue weighted by molar-refractivity contribution is 0.0698. The van der Waals surface area contributed by atoms with Gasteiger partial charge >= 0.3 is 5.97 Å². The number of ether oxygens (including phenoxy) is 4. The number of benzene rings is 4. The van der Waals surface area contributed by atoms with Crippen molar-refractivity contribution in [3.63, 3.8) is 0 Å². The second kappa shape index (κ2) is 11.7. The van der Waals surface area contributed by atoms with Crippen LogP contribution in [-0.4, -0.2) is 25.3 Å². The maximum absolute atomic E-state index is 11.8. The Hall–Kier alpha value is -4.65. The third-order valence-corrected chi connectivity index (χ3v) is 5.45. The fraction of sp³-hybridized carbons (Fsp3) is 0.138. The number of rotatable bonds is 11. The highest BCUT2D eigenvalue weighted by molar-refractivity contribution is 5.95. The molecule has 0 bridgehead atoms. The summed E-state index contributed by atoms with van der Waals surface area (Å²) in [5.74, 6) is 0.433. The molecule has 0 aromatic heterocycles. The summed E-state index contributed by atoms with van der Waals surface area (Å²) in [6, 6.07) is 27.8. The van der Waals surface area contributed by atoms with Gasteiger partial charge in [-0.2, -0.15) is 0 Å². The normalized spacial score (nSPS) is 10.4. The summed E-state index contributed by atoms with van der Waals surface area (Å²) in [6.07, 6.45) is 0. The second-order valence-corrected chi connectivity index (χ2v) is 7.84. The number of carboxylic acids is 1. The van der Waals surface area contributed by atoms with Crippen LogP contribution in [-0.2, 0) is 13.2 Å². The number of hydrogen-bond acceptors (Lipinski definition) is 6. The first-order chi connectivity index (χ1) is 17.6. The van der Waals surface area contributed by atoms with Crippen molar-refractivity contribution in [1.29, 1.82) is 0 Å². The summed E-state index contributed by atoms with van der Waals surface area (Å²) in [7, 11) is 3.05. The van der Waals surface area contributed by atoms with Crippen molar-refractivity contribution in [2.75, 3.05) is 19.5 Å². The first-order valence-corrected chi connectivity index (χ1v) is 11.3. The van der Waals surface area contributed by atoms with Gasteiger partial charge in [0, 0.05) is 6.07 Å². The van der Waals surface area contributed by atoms with Crippen LogP contribution in [0.4, 0.5) is 11.4 Å². The number of hydrogen-bond donors (Lipinski definition) is 2. The van der Waals surface area contributed by atoms with E-state index in [1.54, 1.807) is 24.3 Å². The fourth-order valence-electron chi connectivity index (χ4n) is 3.72. The molecule has 0 saturated heterocycles. The summed E-state index contributed by atoms with van der Waals surface area (Å²) in [5.41, 5.74) is 2.93. The fourth-order valence-corrected chi connectivity index (χ4v) is 3.72. The standard InChI is InChI=1S/C29H27NO6/c1-33-26-24(30-23-16-10-9-15-22(23)29(31)32)17-25(35-18-20-11-5-3-6-12-20)27(34-2)28(26)36-19-21-13-7-4-8-14-21/h3-17,30H,18-19H2,1-2H3,(H,31,32). The van der Waals surface area contributed by atoms with E-state index in [1.165, 1.54) is 20.3 Å². The molecular weight excluding hydrogens is 458 g/mol. The van der Waals surface area contributed by atoms with E-state index in [9.17, 15) is 9.90 Å². The van der Waals surface area contributed by atoms with Crippen molar-refractivity contribution in [2.24, 2.45) is 0 Å². The Morgan fingerprint density at radius 1 is 0.694 bits per heavy atom. The summed E-state index contributed by atoms with van der Waals surface area (Å²) in [6.45, 7) is 0.563. The largest absolute Gasteiger partial charge is 0.491 e. The zero-order valence-electron chi connectivity index (χ0n) is 20.1. The summed E-state index contributed by atoms with van der Waals surface area (Å²) in [4.78, 5) is 11.8. The van der Waals surface area contributed by atoms with Crippen molar-refractivity contribution < 1.29 is 28.8 Å². The van der Waals surface area contributed by atoms with Crippen LogP contribution < -0.4 is 24.3 Å². The first kappa shape index (κ1) is 24.5. The predicted octanol–water partition coefficient (Wildman–Crippen LogP) is 6.30. The van der Waals surface area contributed by atoms with Crippen LogP contribution in [0.25, 0.3) is 0 Å². The number of nitrogens with one attached hydrogen (secondary N) is 1. The molecule has 184 valence electrons. The SMILES string of the molecule is COc1c(Nc2ccccc2C(=O)O)cc(OCc2ccccc2)c(OC)c1OCc1ccccc1. The molecule has 7 heteroatoms. The third kappa shape index (κ3) is 5.70. The highest BCUT2D eigenvalue weighted by Gasteiger charge is 2.24. The molecule has 4 aromatic rings. The van der Waals surface area contributed by atoms with Gasteiger partial charge in [0.25, 0.3) is 0 Å². The summed E-state index contributed by atoms with van der Waals surface area (Å²) >= 11 is 0. The highest BCUT2D eigenvalue weighted by atomic mass is 16.6. The number of anilines is 2. The van der Waals surface area contributed by atoms with Gasteiger partial charge in [0.15, 0.2) is 11.5 Å². The molecule has 0 heterocycles. The van der Waals surface area contributed by atoms with Crippen LogP contribution in [0.5, 0.6) is 23.0 Å². The maximum Gasteiger partial charge on any atom is 0.337 e. The van der Waals surface area contributed by atoms with Gasteiger partial charge in [0.1, 0.15) is 13.2 Å². The minimum absolute atomic E-state index is 0.119. The Kier molecular flexibility index (Phi) is 7.93. The minimum atomic E-state index is -1.05. The van der Waals surface area contributed by atoms with Gasteiger partial charge < -0.3 is 29.4 Å². The van der Waals surface area contributed by atoms with E-state index in [2.05, 4.69) is 5.32 Å². The highest BCUT2D eigenvalue weighted by Crippen LogP contribution is 2.50. The van der Waals surface area contributed by atoms with Crippen LogP contribution in [0.3, 0.4) is 0 Å². The molecule has 0 radical (unpaired) electrons. The summed E-state index contributed by atoms with van der Waals surface area (Å²) in [5, 5.41) is 12.8. The molecule has 0 amide bonds. The lowest BCUT2D eigenvalue weighted by atomic mass is 10.1. The predicted molar refractivity (Wildman–Crippen MR) is 138 cm³/mol. The second-order valence-electron chi connectivity index (χ2n) is 7.84. The van der Waals surface area contributed by atoms with E-state index < -0.39 is 5.97 Å². The number of aromatic carboxylic acids is 1. The Labute approximate surface area is 209 Å². The van der Waals surface area contributed by atoms with Gasteiger partial charge in [-0.3, -0.25) is 0 Å². The quantitative estimate of drug-likeness (QED) is 0.258. The molecule has 2 N–H and O–H groups in total. The van der Waals surface area contributed by atoms with Crippen molar-refractivity contribution >= 4 is 17.3 Å². The first-order valence-electron chi connectivity index (χ1n) is 11.3. The van der Waals surface area contributed by atoms with Crippen molar-refractivity contribution in [3.05, 3.63) is 108 Å². The van der Waals surface area contributed by atoms with Crippen LogP contribution in [0, 0.1) is 0 Å². The van der Waals surface area contributed by atoms with Crippen LogP contribution in [0.2, 0.25) is 0 Å². The molecule has 0 spiro atoms. The van der Waals surface area contributed by atoms with Gasteiger partial charge in [0.2, 0.25) is 11.5 Å². The zero-order chi connectivity index (χ0) is 25.3. The van der Waals surface area contributed by atoms with Gasteiger partial charge in [0.05, 0.1) is 31.2 Å². The monoisotopic (exact) mass is 485 g/mol. The molecule has 0 aliphatic carbocycles. The van der Waals surface area contributed by atoms with Gasteiger partial charge in [-0.25, -0.2) is 4.79 Å². The Bertz CT molecular complexity index is 1310. The third-order valence-electron chi connectivity index (χ3n) is 5.45. The lowest BCUT2D eigenvalue weighted by Gasteiger charge is -2.22. The Balaban J connectivity index is 1.77. The minimum Gasteiger partial charge on any atom is -0.491 e. The average Bonchev–Trinajstić information content (AvgIpc) is 2.91. The molecule has 4 rings (SSSR count). The number of methoxy groups -OCH3 is 2. The van der Waals surface area contributed by atoms with E-state index in [-0.39, 0.29) is 12.2 Å². The molecule has 0 atom stereocenters. The topological polar surface area (TPSA) is 86.3 Å². The average molecular weight is 486 g/mol. The van der Waals surface area contributed by atoms with Crippen molar-refractivity contribution in [1.82, 2.24) is 0 Å². The number of para-hydroxylation sites is 1. The molecule has 0 aliphatic rings. The summed E-state index contributed by atoms with van der Waals surface area (Å²) < 4.78 is 23.8. The van der Waals surface area contributed by atoms with E-state index >= 15 is 0 Å². The van der Waals surface area contributed by atoms with Crippen LogP contribution in [0.1, 0.15) is 21.5 Å². The Morgan fingerprint density at radius 3 is 1.83 bits per heavy atom. The van der Waals surface area contributed by atoms with Gasteiger partial charge in [-0.15, -0.1) is 0 Å². The van der Waals surface area contributed by atoms with E-state index in [0.717, 1.165) is 11.1 Å². The van der Waals surface area contributed by atoms with Crippen molar-refractivity contribution in [2.45, 2.75) is 13.2 Å². The zero-order valence-corrected chi connectivity index (χ0v) is 20.1. The molecular formula is C29H27NO6. The lowest BCUT2D eigenvalue weighted by Crippen LogP contribution is -2.07. The Morgan fingerprint density at radius 2 is 1.25 bits per heavy atom. The smallest absolute Gasteiger partial charge is 0.337 e.